The molecular formula is C69H44N6. The van der Waals surface area contributed by atoms with Gasteiger partial charge in [-0.1, -0.05) is 231 Å². The second-order valence-corrected chi connectivity index (χ2v) is 19.1. The Morgan fingerprint density at radius 2 is 0.627 bits per heavy atom. The van der Waals surface area contributed by atoms with Crippen molar-refractivity contribution in [3.05, 3.63) is 267 Å². The van der Waals surface area contributed by atoms with Gasteiger partial charge in [0.1, 0.15) is 0 Å². The maximum atomic E-state index is 5.55. The molecule has 0 aliphatic heterocycles. The van der Waals surface area contributed by atoms with Crippen molar-refractivity contribution < 1.29 is 0 Å². The quantitative estimate of drug-likeness (QED) is 0.152. The van der Waals surface area contributed by atoms with E-state index < -0.39 is 0 Å². The first kappa shape index (κ1) is 42.5. The molecule has 0 N–H and O–H groups in total. The van der Waals surface area contributed by atoms with Crippen molar-refractivity contribution in [2.45, 2.75) is 0 Å². The largest absolute Gasteiger partial charge is 0.309 e. The highest BCUT2D eigenvalue weighted by molar-refractivity contribution is 6.27. The van der Waals surface area contributed by atoms with Gasteiger partial charge in [-0.25, -0.2) is 4.98 Å². The minimum absolute atomic E-state index is 0.527. The van der Waals surface area contributed by atoms with E-state index in [0.29, 0.717) is 17.6 Å². The Hall–Kier alpha value is -10.2. The molecule has 0 atom stereocenters. The summed E-state index contributed by atoms with van der Waals surface area (Å²) in [5, 5.41) is 6.85. The number of para-hydroxylation sites is 5. The van der Waals surface area contributed by atoms with Gasteiger partial charge in [0.15, 0.2) is 11.6 Å². The zero-order valence-corrected chi connectivity index (χ0v) is 40.6. The van der Waals surface area contributed by atoms with Crippen molar-refractivity contribution in [3.8, 4) is 73.5 Å². The Balaban J connectivity index is 1.09. The number of benzene rings is 11. The van der Waals surface area contributed by atoms with Gasteiger partial charge in [0, 0.05) is 49.0 Å². The van der Waals surface area contributed by atoms with Crippen molar-refractivity contribution in [3.63, 3.8) is 0 Å². The van der Waals surface area contributed by atoms with Crippen LogP contribution in [-0.4, -0.2) is 28.7 Å². The Bertz CT molecular complexity index is 4510. The van der Waals surface area contributed by atoms with E-state index in [1.165, 1.54) is 10.8 Å². The van der Waals surface area contributed by atoms with E-state index in [1.54, 1.807) is 0 Å². The van der Waals surface area contributed by atoms with Crippen LogP contribution in [0.1, 0.15) is 0 Å². The lowest BCUT2D eigenvalue weighted by Gasteiger charge is -2.17. The van der Waals surface area contributed by atoms with E-state index in [0.717, 1.165) is 111 Å². The molecule has 75 heavy (non-hydrogen) atoms. The van der Waals surface area contributed by atoms with Crippen molar-refractivity contribution in [1.82, 2.24) is 28.7 Å². The predicted molar refractivity (Wildman–Crippen MR) is 310 cm³/mol. The second kappa shape index (κ2) is 17.3. The lowest BCUT2D eigenvalue weighted by molar-refractivity contribution is 0.953. The highest BCUT2D eigenvalue weighted by Gasteiger charge is 2.28. The lowest BCUT2D eigenvalue weighted by atomic mass is 10.0. The Morgan fingerprint density at radius 3 is 1.16 bits per heavy atom. The average molecular weight is 957 g/mol. The van der Waals surface area contributed by atoms with E-state index in [1.807, 2.05) is 12.1 Å². The number of aromatic nitrogens is 6. The summed E-state index contributed by atoms with van der Waals surface area (Å²) in [6, 6.07) is 95.2. The summed E-state index contributed by atoms with van der Waals surface area (Å²) in [6.45, 7) is 0. The molecule has 0 radical (unpaired) electrons. The van der Waals surface area contributed by atoms with E-state index in [-0.39, 0.29) is 0 Å². The van der Waals surface area contributed by atoms with Crippen LogP contribution in [0.5, 0.6) is 0 Å². The molecule has 4 aromatic heterocycles. The van der Waals surface area contributed by atoms with Crippen LogP contribution in [0.25, 0.3) is 139 Å². The summed E-state index contributed by atoms with van der Waals surface area (Å²) in [6.07, 6.45) is 0. The molecule has 0 unspecified atom stereocenters. The number of nitrogens with zero attached hydrogens (tertiary/aromatic N) is 6. The third-order valence-electron chi connectivity index (χ3n) is 14.9. The van der Waals surface area contributed by atoms with E-state index >= 15 is 0 Å². The van der Waals surface area contributed by atoms with Gasteiger partial charge >= 0.3 is 0 Å². The summed E-state index contributed by atoms with van der Waals surface area (Å²) in [5.74, 6) is 1.70. The highest BCUT2D eigenvalue weighted by Crippen LogP contribution is 2.47. The second-order valence-electron chi connectivity index (χ2n) is 19.1. The summed E-state index contributed by atoms with van der Waals surface area (Å²) >= 11 is 0. The number of hydrogen-bond acceptors (Lipinski definition) is 3. The lowest BCUT2D eigenvalue weighted by Crippen LogP contribution is -2.08. The van der Waals surface area contributed by atoms with Crippen LogP contribution in [0, 0.1) is 0 Å². The zero-order valence-electron chi connectivity index (χ0n) is 40.6. The molecule has 6 heteroatoms. The average Bonchev–Trinajstić information content (AvgIpc) is 4.14. The van der Waals surface area contributed by atoms with Crippen LogP contribution in [0.15, 0.2) is 267 Å². The minimum atomic E-state index is 0.527. The standard InChI is InChI=1S/C69H44N6/c1-4-20-45(21-5-1)47-36-40-50(41-37-47)67-70-68(51-42-38-48(39-43-51)46-22-6-2-7-23-46)72-69(71-67)75-61-34-18-13-29-55(61)57-44-63(73-59-32-16-11-27-53(59)54-28-12-17-33-60(54)73)64-56-30-14-19-35-62(56)74(66(64)65(57)75)58-31-15-10-26-52(58)49-24-8-3-9-25-49/h1-44H. The SMILES string of the molecule is c1ccc(-c2ccc(-c3nc(-c4ccc(-c5ccccc5)cc4)nc(-n4c5ccccc5c5cc(-n6c7ccccc7c7ccccc76)c6c7ccccc7n(-c7ccccc7-c7ccccc7)c6c54)n3)cc2)cc1. The molecule has 15 rings (SSSR count). The fraction of sp³-hybridized carbons (Fsp3) is 0. The molecule has 0 fully saturated rings. The molecule has 6 nitrogen and oxygen atoms in total. The smallest absolute Gasteiger partial charge is 0.238 e. The Morgan fingerprint density at radius 1 is 0.240 bits per heavy atom. The fourth-order valence-electron chi connectivity index (χ4n) is 11.5. The van der Waals surface area contributed by atoms with Gasteiger partial charge in [0.25, 0.3) is 0 Å². The monoisotopic (exact) mass is 956 g/mol. The molecular weight excluding hydrogens is 913 g/mol. The van der Waals surface area contributed by atoms with Gasteiger partial charge in [0.05, 0.1) is 44.5 Å². The number of hydrogen-bond donors (Lipinski definition) is 0. The molecule has 0 saturated heterocycles. The van der Waals surface area contributed by atoms with Crippen molar-refractivity contribution in [1.29, 1.82) is 0 Å². The first-order chi connectivity index (χ1) is 37.2. The van der Waals surface area contributed by atoms with Crippen LogP contribution in [0.3, 0.4) is 0 Å². The molecule has 0 saturated carbocycles. The Labute approximate surface area is 432 Å². The molecule has 0 aliphatic carbocycles. The van der Waals surface area contributed by atoms with Gasteiger partial charge in [-0.15, -0.1) is 0 Å². The molecule has 11 aromatic carbocycles. The third-order valence-corrected chi connectivity index (χ3v) is 14.9. The van der Waals surface area contributed by atoms with E-state index in [2.05, 4.69) is 268 Å². The van der Waals surface area contributed by atoms with Crippen molar-refractivity contribution in [2.24, 2.45) is 0 Å². The normalized spacial score (nSPS) is 11.7. The molecule has 15 aromatic rings. The summed E-state index contributed by atoms with van der Waals surface area (Å²) < 4.78 is 7.28. The van der Waals surface area contributed by atoms with Crippen LogP contribution < -0.4 is 0 Å². The molecule has 350 valence electrons. The number of fused-ring (bicyclic) bond motifs is 10. The van der Waals surface area contributed by atoms with Gasteiger partial charge in [-0.2, -0.15) is 9.97 Å². The maximum absolute atomic E-state index is 5.55. The van der Waals surface area contributed by atoms with Gasteiger partial charge in [0.2, 0.25) is 5.95 Å². The summed E-state index contributed by atoms with van der Waals surface area (Å²) in [7, 11) is 0. The van der Waals surface area contributed by atoms with Crippen LogP contribution in [-0.2, 0) is 0 Å². The van der Waals surface area contributed by atoms with Gasteiger partial charge < -0.3 is 9.13 Å². The van der Waals surface area contributed by atoms with Crippen LogP contribution >= 0.6 is 0 Å². The summed E-state index contributed by atoms with van der Waals surface area (Å²) in [4.78, 5) is 16.4. The van der Waals surface area contributed by atoms with Crippen molar-refractivity contribution >= 4 is 65.4 Å². The van der Waals surface area contributed by atoms with E-state index in [9.17, 15) is 0 Å². The molecule has 0 bridgehead atoms. The number of rotatable bonds is 8. The van der Waals surface area contributed by atoms with Gasteiger partial charge in [-0.3, -0.25) is 4.57 Å². The summed E-state index contributed by atoms with van der Waals surface area (Å²) in [5.41, 5.74) is 17.2. The molecule has 0 amide bonds. The third kappa shape index (κ3) is 6.84. The van der Waals surface area contributed by atoms with Crippen LogP contribution in [0.4, 0.5) is 0 Å². The molecule has 0 spiro atoms. The van der Waals surface area contributed by atoms with Crippen molar-refractivity contribution in [2.75, 3.05) is 0 Å². The van der Waals surface area contributed by atoms with Crippen LogP contribution in [0.2, 0.25) is 0 Å². The zero-order chi connectivity index (χ0) is 49.4. The first-order valence-electron chi connectivity index (χ1n) is 25.4. The van der Waals surface area contributed by atoms with Gasteiger partial charge in [-0.05, 0) is 64.2 Å². The van der Waals surface area contributed by atoms with E-state index in [4.69, 9.17) is 15.0 Å². The topological polar surface area (TPSA) is 53.5 Å². The molecule has 0 aliphatic rings. The highest BCUT2D eigenvalue weighted by atomic mass is 15.2. The maximum Gasteiger partial charge on any atom is 0.238 e. The minimum Gasteiger partial charge on any atom is -0.309 e. The predicted octanol–water partition coefficient (Wildman–Crippen LogP) is 17.5. The fourth-order valence-corrected chi connectivity index (χ4v) is 11.5. The first-order valence-corrected chi connectivity index (χ1v) is 25.4. The Kier molecular flexibility index (Phi) is 9.78. The molecule has 4 heterocycles.